The second kappa shape index (κ2) is 9.95. The Balaban J connectivity index is 1.28. The van der Waals surface area contributed by atoms with Gasteiger partial charge in [-0.1, -0.05) is 42.0 Å². The maximum atomic E-state index is 12.2. The van der Waals surface area contributed by atoms with Crippen molar-refractivity contribution in [3.63, 3.8) is 0 Å². The summed E-state index contributed by atoms with van der Waals surface area (Å²) < 4.78 is 10.2. The van der Waals surface area contributed by atoms with Gasteiger partial charge in [-0.15, -0.1) is 0 Å². The summed E-state index contributed by atoms with van der Waals surface area (Å²) in [5.74, 6) is 1.38. The molecule has 156 valence electrons. The Bertz CT molecular complexity index is 1130. The number of aromatic nitrogens is 3. The fourth-order valence-corrected chi connectivity index (χ4v) is 3.53. The van der Waals surface area contributed by atoms with Crippen LogP contribution in [0.15, 0.2) is 73.1 Å². The molecule has 2 heterocycles. The molecule has 7 heteroatoms. The molecule has 6 nitrogen and oxygen atoms in total. The summed E-state index contributed by atoms with van der Waals surface area (Å²) in [4.78, 5) is 20.6. The number of nitrogens with zero attached hydrogens (tertiary/aromatic N) is 3. The third kappa shape index (κ3) is 6.20. The highest BCUT2D eigenvalue weighted by atomic mass is 32.1. The van der Waals surface area contributed by atoms with Crippen molar-refractivity contribution in [3.8, 4) is 10.9 Å². The van der Waals surface area contributed by atoms with Gasteiger partial charge in [-0.25, -0.2) is 0 Å². The van der Waals surface area contributed by atoms with Crippen LogP contribution in [0.3, 0.4) is 0 Å². The van der Waals surface area contributed by atoms with E-state index in [0.717, 1.165) is 17.0 Å². The van der Waals surface area contributed by atoms with Crippen molar-refractivity contribution < 1.29 is 9.53 Å². The van der Waals surface area contributed by atoms with Crippen LogP contribution in [-0.2, 0) is 24.2 Å². The predicted molar refractivity (Wildman–Crippen MR) is 120 cm³/mol. The molecule has 0 aliphatic heterocycles. The number of pyridine rings is 1. The molecule has 0 fully saturated rings. The van der Waals surface area contributed by atoms with Gasteiger partial charge in [0.15, 0.2) is 5.82 Å². The first-order chi connectivity index (χ1) is 15.1. The summed E-state index contributed by atoms with van der Waals surface area (Å²) in [6, 6.07) is 19.5. The second-order valence-corrected chi connectivity index (χ2v) is 7.91. The monoisotopic (exact) mass is 430 g/mol. The number of amides is 1. The number of nitrogens with one attached hydrogen (secondary N) is 1. The van der Waals surface area contributed by atoms with Crippen molar-refractivity contribution >= 4 is 17.4 Å². The van der Waals surface area contributed by atoms with Gasteiger partial charge in [-0.3, -0.25) is 9.78 Å². The van der Waals surface area contributed by atoms with E-state index in [1.165, 1.54) is 22.7 Å². The van der Waals surface area contributed by atoms with E-state index in [2.05, 4.69) is 50.8 Å². The van der Waals surface area contributed by atoms with Crippen LogP contribution < -0.4 is 10.1 Å². The van der Waals surface area contributed by atoms with Crippen molar-refractivity contribution in [1.82, 2.24) is 19.7 Å². The Labute approximate surface area is 185 Å². The largest absolute Gasteiger partial charge is 0.430 e. The fraction of sp³-hybridized carbons (Fsp3) is 0.167. The zero-order valence-corrected chi connectivity index (χ0v) is 17.9. The molecule has 31 heavy (non-hydrogen) atoms. The van der Waals surface area contributed by atoms with Crippen LogP contribution in [0, 0.1) is 6.92 Å². The lowest BCUT2D eigenvalue weighted by Crippen LogP contribution is -2.24. The van der Waals surface area contributed by atoms with E-state index in [4.69, 9.17) is 4.74 Å². The first-order valence-electron chi connectivity index (χ1n) is 9.94. The van der Waals surface area contributed by atoms with Gasteiger partial charge in [0.25, 0.3) is 5.19 Å². The van der Waals surface area contributed by atoms with Gasteiger partial charge in [0.2, 0.25) is 5.91 Å². The lowest BCUT2D eigenvalue weighted by atomic mass is 10.1. The Hall–Kier alpha value is -3.58. The topological polar surface area (TPSA) is 77.0 Å². The summed E-state index contributed by atoms with van der Waals surface area (Å²) in [5, 5.41) is 3.42. The normalized spacial score (nSPS) is 10.6. The number of rotatable bonds is 8. The molecular weight excluding hydrogens is 408 g/mol. The summed E-state index contributed by atoms with van der Waals surface area (Å²) >= 11 is 1.23. The van der Waals surface area contributed by atoms with Crippen molar-refractivity contribution in [1.29, 1.82) is 0 Å². The third-order valence-electron chi connectivity index (χ3n) is 4.66. The molecule has 0 atom stereocenters. The van der Waals surface area contributed by atoms with Crippen LogP contribution in [0.1, 0.15) is 28.1 Å². The van der Waals surface area contributed by atoms with E-state index in [1.807, 2.05) is 36.4 Å². The Kier molecular flexibility index (Phi) is 6.64. The molecule has 0 bridgehead atoms. The molecule has 1 amide bonds. The van der Waals surface area contributed by atoms with Gasteiger partial charge < -0.3 is 10.1 Å². The number of hydrogen-bond donors (Lipinski definition) is 1. The van der Waals surface area contributed by atoms with Gasteiger partial charge >= 0.3 is 0 Å². The quantitative estimate of drug-likeness (QED) is 0.446. The minimum atomic E-state index is -0.0321. The summed E-state index contributed by atoms with van der Waals surface area (Å²) in [6.45, 7) is 2.56. The molecular formula is C24H22N4O2S. The SMILES string of the molecule is Cc1ccc(Cc2nsc(Oc3ccc(CC(=O)NCc4ccncc4)cc3)n2)cc1. The smallest absolute Gasteiger partial charge is 0.298 e. The van der Waals surface area contributed by atoms with Gasteiger partial charge in [0.1, 0.15) is 5.75 Å². The Morgan fingerprint density at radius 3 is 2.39 bits per heavy atom. The van der Waals surface area contributed by atoms with Crippen molar-refractivity contribution in [2.75, 3.05) is 0 Å². The summed E-state index contributed by atoms with van der Waals surface area (Å²) in [6.07, 6.45) is 4.41. The molecule has 2 aromatic heterocycles. The van der Waals surface area contributed by atoms with E-state index >= 15 is 0 Å². The molecule has 0 aliphatic carbocycles. The zero-order valence-electron chi connectivity index (χ0n) is 17.1. The van der Waals surface area contributed by atoms with Crippen LogP contribution in [0.5, 0.6) is 10.9 Å². The van der Waals surface area contributed by atoms with E-state index in [1.54, 1.807) is 12.4 Å². The van der Waals surface area contributed by atoms with Crippen LogP contribution in [-0.4, -0.2) is 20.2 Å². The number of carbonyl (C=O) groups is 1. The van der Waals surface area contributed by atoms with E-state index in [0.29, 0.717) is 30.3 Å². The van der Waals surface area contributed by atoms with Crippen LogP contribution in [0.4, 0.5) is 0 Å². The molecule has 4 aromatic rings. The lowest BCUT2D eigenvalue weighted by molar-refractivity contribution is -0.120. The highest BCUT2D eigenvalue weighted by Crippen LogP contribution is 2.24. The summed E-state index contributed by atoms with van der Waals surface area (Å²) in [7, 11) is 0. The van der Waals surface area contributed by atoms with Crippen LogP contribution in [0.25, 0.3) is 0 Å². The molecule has 0 aliphatic rings. The average molecular weight is 431 g/mol. The fourth-order valence-electron chi connectivity index (χ4n) is 2.97. The maximum absolute atomic E-state index is 12.2. The van der Waals surface area contributed by atoms with Crippen LogP contribution >= 0.6 is 11.5 Å². The second-order valence-electron chi connectivity index (χ2n) is 7.19. The minimum absolute atomic E-state index is 0.0321. The maximum Gasteiger partial charge on any atom is 0.298 e. The molecule has 0 radical (unpaired) electrons. The number of carbonyl (C=O) groups excluding carboxylic acids is 1. The van der Waals surface area contributed by atoms with E-state index in [9.17, 15) is 4.79 Å². The molecule has 0 spiro atoms. The molecule has 0 saturated heterocycles. The molecule has 0 saturated carbocycles. The molecule has 4 rings (SSSR count). The van der Waals surface area contributed by atoms with Crippen LogP contribution in [0.2, 0.25) is 0 Å². The Morgan fingerprint density at radius 2 is 1.65 bits per heavy atom. The zero-order chi connectivity index (χ0) is 21.5. The van der Waals surface area contributed by atoms with Gasteiger partial charge in [0, 0.05) is 36.9 Å². The lowest BCUT2D eigenvalue weighted by Gasteiger charge is -2.06. The van der Waals surface area contributed by atoms with Crippen molar-refractivity contribution in [3.05, 3.63) is 101 Å². The Morgan fingerprint density at radius 1 is 0.935 bits per heavy atom. The molecule has 0 unspecified atom stereocenters. The first-order valence-corrected chi connectivity index (χ1v) is 10.7. The van der Waals surface area contributed by atoms with E-state index in [-0.39, 0.29) is 5.91 Å². The molecule has 2 aromatic carbocycles. The number of ether oxygens (including phenoxy) is 1. The number of aryl methyl sites for hydroxylation is 1. The van der Waals surface area contributed by atoms with Crippen molar-refractivity contribution in [2.24, 2.45) is 0 Å². The molecule has 1 N–H and O–H groups in total. The number of benzene rings is 2. The highest BCUT2D eigenvalue weighted by molar-refractivity contribution is 7.07. The standard InChI is InChI=1S/C24H22N4O2S/c1-17-2-4-18(5-3-17)14-22-27-24(31-28-22)30-21-8-6-19(7-9-21)15-23(29)26-16-20-10-12-25-13-11-20/h2-13H,14-16H2,1H3,(H,26,29). The average Bonchev–Trinajstić information content (AvgIpc) is 3.23. The number of hydrogen-bond acceptors (Lipinski definition) is 6. The van der Waals surface area contributed by atoms with Crippen molar-refractivity contribution in [2.45, 2.75) is 26.3 Å². The van der Waals surface area contributed by atoms with Gasteiger partial charge in [-0.2, -0.15) is 9.36 Å². The van der Waals surface area contributed by atoms with E-state index < -0.39 is 0 Å². The van der Waals surface area contributed by atoms with Gasteiger partial charge in [0.05, 0.1) is 6.42 Å². The third-order valence-corrected chi connectivity index (χ3v) is 5.30. The first kappa shape index (κ1) is 20.7. The predicted octanol–water partition coefficient (Wildman–Crippen LogP) is 4.48. The summed E-state index contributed by atoms with van der Waals surface area (Å²) in [5.41, 5.74) is 4.33. The van der Waals surface area contributed by atoms with Gasteiger partial charge in [-0.05, 0) is 47.9 Å². The minimum Gasteiger partial charge on any atom is -0.430 e. The highest BCUT2D eigenvalue weighted by Gasteiger charge is 2.08.